The zero-order valence-corrected chi connectivity index (χ0v) is 17.0. The molecule has 0 radical (unpaired) electrons. The Morgan fingerprint density at radius 3 is 2.14 bits per heavy atom. The third kappa shape index (κ3) is 4.50. The van der Waals surface area contributed by atoms with E-state index in [0.29, 0.717) is 12.8 Å². The van der Waals surface area contributed by atoms with Crippen LogP contribution in [0, 0.1) is 5.92 Å². The van der Waals surface area contributed by atoms with Crippen molar-refractivity contribution >= 4 is 11.8 Å². The zero-order valence-electron chi connectivity index (χ0n) is 17.0. The van der Waals surface area contributed by atoms with E-state index in [1.165, 1.54) is 0 Å². The molecule has 1 fully saturated rings. The van der Waals surface area contributed by atoms with Gasteiger partial charge in [-0.05, 0) is 38.8 Å². The van der Waals surface area contributed by atoms with Crippen molar-refractivity contribution in [2.75, 3.05) is 0 Å². The van der Waals surface area contributed by atoms with Crippen LogP contribution in [0.15, 0.2) is 60.7 Å². The molecule has 0 saturated carbocycles. The normalized spacial score (nSPS) is 24.7. The van der Waals surface area contributed by atoms with Crippen LogP contribution in [0.4, 0.5) is 0 Å². The largest absolute Gasteiger partial charge is 0.458 e. The fourth-order valence-corrected chi connectivity index (χ4v) is 3.75. The van der Waals surface area contributed by atoms with Crippen molar-refractivity contribution < 1.29 is 19.1 Å². The Kier molecular flexibility index (Phi) is 5.71. The molecule has 1 aliphatic heterocycles. The maximum Gasteiger partial charge on any atom is 0.339 e. The topological polar surface area (TPSA) is 52.6 Å². The minimum atomic E-state index is -1.19. The van der Waals surface area contributed by atoms with Gasteiger partial charge in [0.15, 0.2) is 5.60 Å². The standard InChI is InChI=1S/C24H28O4/c1-17(25)20-16-24(22(26)28-23(2,3)4,15-18-11-7-5-8-12-18)27-21(20)19-13-9-6-10-14-19/h5-14,20-21H,15-16H2,1-4H3/t20-,21+,24+/m0/s1. The first-order chi connectivity index (χ1) is 13.2. The fraction of sp³-hybridized carbons (Fsp3) is 0.417. The SMILES string of the molecule is CC(=O)[C@@H]1C[C@](Cc2ccccc2)(C(=O)OC(C)(C)C)O[C@@H]1c1ccccc1. The van der Waals surface area contributed by atoms with E-state index in [1.54, 1.807) is 6.92 Å². The Bertz CT molecular complexity index is 823. The molecule has 0 bridgehead atoms. The second kappa shape index (κ2) is 7.88. The third-order valence-corrected chi connectivity index (χ3v) is 5.02. The Balaban J connectivity index is 2.00. The van der Waals surface area contributed by atoms with Crippen LogP contribution in [-0.2, 0) is 25.5 Å². The van der Waals surface area contributed by atoms with E-state index in [2.05, 4.69) is 0 Å². The highest BCUT2D eigenvalue weighted by molar-refractivity contribution is 5.85. The maximum atomic E-state index is 13.3. The summed E-state index contributed by atoms with van der Waals surface area (Å²) in [6.07, 6.45) is 0.219. The summed E-state index contributed by atoms with van der Waals surface area (Å²) in [7, 11) is 0. The van der Waals surface area contributed by atoms with Gasteiger partial charge in [0.2, 0.25) is 0 Å². The van der Waals surface area contributed by atoms with E-state index in [4.69, 9.17) is 9.47 Å². The summed E-state index contributed by atoms with van der Waals surface area (Å²) in [5.41, 5.74) is 0.0529. The molecule has 1 saturated heterocycles. The number of carbonyl (C=O) groups is 2. The molecular formula is C24H28O4. The van der Waals surface area contributed by atoms with Crippen molar-refractivity contribution in [2.45, 2.75) is 57.8 Å². The quantitative estimate of drug-likeness (QED) is 0.707. The zero-order chi connectivity index (χ0) is 20.4. The minimum absolute atomic E-state index is 0.0207. The number of carbonyl (C=O) groups excluding carboxylic acids is 2. The molecule has 1 heterocycles. The minimum Gasteiger partial charge on any atom is -0.458 e. The van der Waals surface area contributed by atoms with Crippen molar-refractivity contribution in [1.82, 2.24) is 0 Å². The summed E-state index contributed by atoms with van der Waals surface area (Å²) in [5, 5.41) is 0. The second-order valence-corrected chi connectivity index (χ2v) is 8.53. The maximum absolute atomic E-state index is 13.3. The van der Waals surface area contributed by atoms with Gasteiger partial charge in [0.25, 0.3) is 0 Å². The van der Waals surface area contributed by atoms with Crippen LogP contribution in [0.1, 0.15) is 51.3 Å². The van der Waals surface area contributed by atoms with Crippen LogP contribution >= 0.6 is 0 Å². The predicted molar refractivity (Wildman–Crippen MR) is 108 cm³/mol. The lowest BCUT2D eigenvalue weighted by molar-refractivity contribution is -0.182. The molecule has 3 atom stereocenters. The summed E-state index contributed by atoms with van der Waals surface area (Å²) in [6.45, 7) is 7.09. The molecule has 0 aliphatic carbocycles. The number of ether oxygens (including phenoxy) is 2. The number of ketones is 1. The van der Waals surface area contributed by atoms with E-state index < -0.39 is 29.2 Å². The Morgan fingerprint density at radius 2 is 1.61 bits per heavy atom. The highest BCUT2D eigenvalue weighted by Gasteiger charge is 2.55. The molecule has 2 aromatic rings. The summed E-state index contributed by atoms with van der Waals surface area (Å²) < 4.78 is 12.2. The van der Waals surface area contributed by atoms with Crippen LogP contribution in [0.25, 0.3) is 0 Å². The number of hydrogen-bond donors (Lipinski definition) is 0. The molecule has 4 heteroatoms. The number of esters is 1. The molecule has 4 nitrogen and oxygen atoms in total. The summed E-state index contributed by atoms with van der Waals surface area (Å²) >= 11 is 0. The third-order valence-electron chi connectivity index (χ3n) is 5.02. The van der Waals surface area contributed by atoms with Gasteiger partial charge in [-0.1, -0.05) is 60.7 Å². The first kappa shape index (κ1) is 20.3. The van der Waals surface area contributed by atoms with Crippen LogP contribution in [0.2, 0.25) is 0 Å². The summed E-state index contributed by atoms with van der Waals surface area (Å²) in [4.78, 5) is 25.7. The molecule has 3 rings (SSSR count). The summed E-state index contributed by atoms with van der Waals surface area (Å²) in [6, 6.07) is 19.4. The Labute approximate surface area is 166 Å². The molecular weight excluding hydrogens is 352 g/mol. The van der Waals surface area contributed by atoms with Gasteiger partial charge >= 0.3 is 5.97 Å². The molecule has 2 aromatic carbocycles. The molecule has 0 unspecified atom stereocenters. The van der Waals surface area contributed by atoms with Gasteiger partial charge in [-0.25, -0.2) is 4.79 Å². The number of hydrogen-bond acceptors (Lipinski definition) is 4. The lowest BCUT2D eigenvalue weighted by Gasteiger charge is -2.31. The van der Waals surface area contributed by atoms with Crippen molar-refractivity contribution in [3.8, 4) is 0 Å². The number of Topliss-reactive ketones (excluding diaryl/α,β-unsaturated/α-hetero) is 1. The van der Waals surface area contributed by atoms with E-state index >= 15 is 0 Å². The second-order valence-electron chi connectivity index (χ2n) is 8.53. The molecule has 0 spiro atoms. The molecule has 0 N–H and O–H groups in total. The fourth-order valence-electron chi connectivity index (χ4n) is 3.75. The van der Waals surface area contributed by atoms with Crippen molar-refractivity contribution in [3.05, 3.63) is 71.8 Å². The highest BCUT2D eigenvalue weighted by atomic mass is 16.6. The number of benzene rings is 2. The van der Waals surface area contributed by atoms with Gasteiger partial charge in [0.05, 0.1) is 12.0 Å². The average Bonchev–Trinajstić information content (AvgIpc) is 3.03. The molecule has 148 valence electrons. The van der Waals surface area contributed by atoms with Crippen molar-refractivity contribution in [2.24, 2.45) is 5.92 Å². The van der Waals surface area contributed by atoms with E-state index in [9.17, 15) is 9.59 Å². The number of rotatable bonds is 5. The summed E-state index contributed by atoms with van der Waals surface area (Å²) in [5.74, 6) is -0.778. The van der Waals surface area contributed by atoms with Gasteiger partial charge in [-0.15, -0.1) is 0 Å². The van der Waals surface area contributed by atoms with Gasteiger partial charge in [-0.3, -0.25) is 4.79 Å². The van der Waals surface area contributed by atoms with Crippen molar-refractivity contribution in [3.63, 3.8) is 0 Å². The van der Waals surface area contributed by atoms with Gasteiger partial charge in [-0.2, -0.15) is 0 Å². The molecule has 28 heavy (non-hydrogen) atoms. The molecule has 0 aromatic heterocycles. The first-order valence-corrected chi connectivity index (χ1v) is 9.71. The van der Waals surface area contributed by atoms with Gasteiger partial charge in [0.1, 0.15) is 11.4 Å². The lowest BCUT2D eigenvalue weighted by atomic mass is 9.83. The van der Waals surface area contributed by atoms with Crippen LogP contribution in [-0.4, -0.2) is 23.0 Å². The Hall–Kier alpha value is -2.46. The van der Waals surface area contributed by atoms with Crippen molar-refractivity contribution in [1.29, 1.82) is 0 Å². The smallest absolute Gasteiger partial charge is 0.339 e. The van der Waals surface area contributed by atoms with E-state index in [0.717, 1.165) is 11.1 Å². The Morgan fingerprint density at radius 1 is 1.04 bits per heavy atom. The lowest BCUT2D eigenvalue weighted by Crippen LogP contribution is -2.45. The van der Waals surface area contributed by atoms with Gasteiger partial charge in [0, 0.05) is 12.8 Å². The average molecular weight is 380 g/mol. The molecule has 0 amide bonds. The molecule has 1 aliphatic rings. The van der Waals surface area contributed by atoms with Crippen LogP contribution in [0.3, 0.4) is 0 Å². The van der Waals surface area contributed by atoms with E-state index in [1.807, 2.05) is 81.4 Å². The van der Waals surface area contributed by atoms with Crippen LogP contribution < -0.4 is 0 Å². The first-order valence-electron chi connectivity index (χ1n) is 9.71. The highest BCUT2D eigenvalue weighted by Crippen LogP contribution is 2.47. The monoisotopic (exact) mass is 380 g/mol. The van der Waals surface area contributed by atoms with Crippen LogP contribution in [0.5, 0.6) is 0 Å². The van der Waals surface area contributed by atoms with E-state index in [-0.39, 0.29) is 5.78 Å². The predicted octanol–water partition coefficient (Wildman–Crippen LogP) is 4.68. The van der Waals surface area contributed by atoms with Gasteiger partial charge < -0.3 is 9.47 Å².